The number of benzene rings is 1. The first-order valence-corrected chi connectivity index (χ1v) is 9.13. The Morgan fingerprint density at radius 1 is 1.29 bits per heavy atom. The van der Waals surface area contributed by atoms with Gasteiger partial charge in [-0.1, -0.05) is 13.3 Å². The third kappa shape index (κ3) is 2.87. The number of rotatable bonds is 5. The largest absolute Gasteiger partial charge is 0.397 e. The maximum Gasteiger partial charge on any atom is 0.240 e. The fourth-order valence-corrected chi connectivity index (χ4v) is 4.81. The molecule has 0 amide bonds. The van der Waals surface area contributed by atoms with Crippen LogP contribution < -0.4 is 15.8 Å². The summed E-state index contributed by atoms with van der Waals surface area (Å²) in [5.74, 6) is 1.61. The van der Waals surface area contributed by atoms with Crippen LogP contribution in [0.15, 0.2) is 23.1 Å². The van der Waals surface area contributed by atoms with Crippen LogP contribution in [0.5, 0.6) is 0 Å². The van der Waals surface area contributed by atoms with E-state index in [1.54, 1.807) is 19.1 Å². The zero-order valence-corrected chi connectivity index (χ0v) is 13.1. The zero-order chi connectivity index (χ0) is 15.0. The van der Waals surface area contributed by atoms with Gasteiger partial charge in [-0.15, -0.1) is 0 Å². The van der Waals surface area contributed by atoms with Gasteiger partial charge in [0, 0.05) is 12.6 Å². The molecule has 2 bridgehead atoms. The van der Waals surface area contributed by atoms with Crippen molar-refractivity contribution in [3.05, 3.63) is 18.2 Å². The molecule has 2 fully saturated rings. The molecule has 3 atom stereocenters. The molecule has 2 aliphatic carbocycles. The minimum Gasteiger partial charge on any atom is -0.397 e. The molecule has 1 aromatic carbocycles. The Morgan fingerprint density at radius 2 is 2.10 bits per heavy atom. The average molecular weight is 309 g/mol. The molecule has 0 aliphatic heterocycles. The van der Waals surface area contributed by atoms with Crippen LogP contribution in [0.2, 0.25) is 0 Å². The Hall–Kier alpha value is -1.27. The van der Waals surface area contributed by atoms with Gasteiger partial charge in [0.1, 0.15) is 0 Å². The minimum atomic E-state index is -3.44. The van der Waals surface area contributed by atoms with Gasteiger partial charge in [0.15, 0.2) is 0 Å². The molecule has 116 valence electrons. The lowest BCUT2D eigenvalue weighted by Gasteiger charge is -2.25. The van der Waals surface area contributed by atoms with E-state index in [-0.39, 0.29) is 4.90 Å². The molecular weight excluding hydrogens is 286 g/mol. The van der Waals surface area contributed by atoms with Crippen molar-refractivity contribution in [1.82, 2.24) is 4.72 Å². The van der Waals surface area contributed by atoms with Gasteiger partial charge in [-0.3, -0.25) is 0 Å². The summed E-state index contributed by atoms with van der Waals surface area (Å²) in [4.78, 5) is 0.223. The van der Waals surface area contributed by atoms with E-state index in [0.717, 1.165) is 17.5 Å². The topological polar surface area (TPSA) is 84.2 Å². The molecule has 4 N–H and O–H groups in total. The fraction of sp³-hybridized carbons (Fsp3) is 0.600. The summed E-state index contributed by atoms with van der Waals surface area (Å²) < 4.78 is 26.4. The van der Waals surface area contributed by atoms with E-state index in [2.05, 4.69) is 10.0 Å². The van der Waals surface area contributed by atoms with Crippen molar-refractivity contribution < 1.29 is 8.42 Å². The summed E-state index contributed by atoms with van der Waals surface area (Å²) in [7, 11) is -3.44. The molecule has 1 aromatic rings. The Kier molecular flexibility index (Phi) is 3.84. The molecule has 5 nitrogen and oxygen atoms in total. The molecule has 0 heterocycles. The van der Waals surface area contributed by atoms with Gasteiger partial charge in [0.2, 0.25) is 10.0 Å². The van der Waals surface area contributed by atoms with Crippen molar-refractivity contribution in [2.45, 2.75) is 43.5 Å². The number of hydrogen-bond donors (Lipinski definition) is 3. The minimum absolute atomic E-state index is 0.223. The van der Waals surface area contributed by atoms with E-state index in [9.17, 15) is 8.42 Å². The van der Waals surface area contributed by atoms with Crippen LogP contribution in [0.25, 0.3) is 0 Å². The number of hydrogen-bond acceptors (Lipinski definition) is 4. The third-order valence-corrected chi connectivity index (χ3v) is 6.29. The molecule has 2 saturated carbocycles. The molecule has 3 rings (SSSR count). The van der Waals surface area contributed by atoms with E-state index in [4.69, 9.17) is 5.73 Å². The van der Waals surface area contributed by atoms with Crippen molar-refractivity contribution >= 4 is 21.4 Å². The van der Waals surface area contributed by atoms with E-state index in [1.807, 2.05) is 0 Å². The molecule has 6 heteroatoms. The number of nitrogens with two attached hydrogens (primary N) is 1. The van der Waals surface area contributed by atoms with Gasteiger partial charge < -0.3 is 11.1 Å². The van der Waals surface area contributed by atoms with E-state index in [0.29, 0.717) is 18.3 Å². The zero-order valence-electron chi connectivity index (χ0n) is 12.3. The van der Waals surface area contributed by atoms with Gasteiger partial charge in [-0.25, -0.2) is 13.1 Å². The van der Waals surface area contributed by atoms with Crippen LogP contribution >= 0.6 is 0 Å². The standard InChI is InChI=1S/C15H23N3O2S/c1-2-17-21(19,20)12-5-6-14(13(16)9-12)18-15-8-10-3-4-11(15)7-10/h5-6,9-11,15,17-18H,2-4,7-8,16H2,1H3. The smallest absolute Gasteiger partial charge is 0.240 e. The highest BCUT2D eigenvalue weighted by Gasteiger charge is 2.39. The average Bonchev–Trinajstić information content (AvgIpc) is 3.03. The van der Waals surface area contributed by atoms with Crippen LogP contribution in [0.3, 0.4) is 0 Å². The number of sulfonamides is 1. The van der Waals surface area contributed by atoms with Crippen molar-refractivity contribution in [2.24, 2.45) is 11.8 Å². The summed E-state index contributed by atoms with van der Waals surface area (Å²) in [5, 5.41) is 3.51. The van der Waals surface area contributed by atoms with Crippen LogP contribution in [0.1, 0.15) is 32.6 Å². The van der Waals surface area contributed by atoms with Crippen molar-refractivity contribution in [1.29, 1.82) is 0 Å². The molecular formula is C15H23N3O2S. The molecule has 0 saturated heterocycles. The maximum atomic E-state index is 12.0. The molecule has 21 heavy (non-hydrogen) atoms. The quantitative estimate of drug-likeness (QED) is 0.728. The first kappa shape index (κ1) is 14.7. The Morgan fingerprint density at radius 3 is 2.67 bits per heavy atom. The number of anilines is 2. The maximum absolute atomic E-state index is 12.0. The van der Waals surface area contributed by atoms with Crippen molar-refractivity contribution in [3.63, 3.8) is 0 Å². The van der Waals surface area contributed by atoms with Crippen LogP contribution in [-0.4, -0.2) is 21.0 Å². The summed E-state index contributed by atoms with van der Waals surface area (Å²) in [6.07, 6.45) is 5.19. The highest BCUT2D eigenvalue weighted by molar-refractivity contribution is 7.89. The molecule has 0 aromatic heterocycles. The summed E-state index contributed by atoms with van der Waals surface area (Å²) in [6, 6.07) is 5.42. The highest BCUT2D eigenvalue weighted by atomic mass is 32.2. The Bertz CT molecular complexity index is 630. The molecule has 0 radical (unpaired) electrons. The van der Waals surface area contributed by atoms with E-state index in [1.165, 1.54) is 31.7 Å². The second-order valence-corrected chi connectivity index (χ2v) is 7.94. The van der Waals surface area contributed by atoms with Gasteiger partial charge >= 0.3 is 0 Å². The van der Waals surface area contributed by atoms with Crippen LogP contribution in [0, 0.1) is 11.8 Å². The second-order valence-electron chi connectivity index (χ2n) is 6.18. The Balaban J connectivity index is 1.76. The fourth-order valence-electron chi connectivity index (χ4n) is 3.73. The first-order chi connectivity index (χ1) is 9.99. The van der Waals surface area contributed by atoms with E-state index < -0.39 is 10.0 Å². The lowest BCUT2D eigenvalue weighted by Crippen LogP contribution is -2.26. The lowest BCUT2D eigenvalue weighted by molar-refractivity contribution is 0.440. The predicted octanol–water partition coefficient (Wildman–Crippen LogP) is 2.17. The van der Waals surface area contributed by atoms with Crippen LogP contribution in [-0.2, 0) is 10.0 Å². The summed E-state index contributed by atoms with van der Waals surface area (Å²) in [5.41, 5.74) is 7.38. The normalized spacial score (nSPS) is 28.0. The Labute approximate surface area is 126 Å². The molecule has 0 spiro atoms. The second kappa shape index (κ2) is 5.50. The predicted molar refractivity (Wildman–Crippen MR) is 84.6 cm³/mol. The van der Waals surface area contributed by atoms with E-state index >= 15 is 0 Å². The number of nitrogen functional groups attached to an aromatic ring is 1. The molecule has 2 aliphatic rings. The monoisotopic (exact) mass is 309 g/mol. The van der Waals surface area contributed by atoms with Gasteiger partial charge in [-0.2, -0.15) is 0 Å². The van der Waals surface area contributed by atoms with Crippen molar-refractivity contribution in [2.75, 3.05) is 17.6 Å². The SMILES string of the molecule is CCNS(=O)(=O)c1ccc(NC2CC3CCC2C3)c(N)c1. The lowest BCUT2D eigenvalue weighted by atomic mass is 9.95. The number of nitrogens with one attached hydrogen (secondary N) is 2. The number of fused-ring (bicyclic) bond motifs is 2. The van der Waals surface area contributed by atoms with Crippen molar-refractivity contribution in [3.8, 4) is 0 Å². The summed E-state index contributed by atoms with van der Waals surface area (Å²) in [6.45, 7) is 2.12. The summed E-state index contributed by atoms with van der Waals surface area (Å²) >= 11 is 0. The van der Waals surface area contributed by atoms with Crippen LogP contribution in [0.4, 0.5) is 11.4 Å². The van der Waals surface area contributed by atoms with Gasteiger partial charge in [0.25, 0.3) is 0 Å². The van der Waals surface area contributed by atoms with Gasteiger partial charge in [0.05, 0.1) is 16.3 Å². The third-order valence-electron chi connectivity index (χ3n) is 4.75. The first-order valence-electron chi connectivity index (χ1n) is 7.65. The van der Waals surface area contributed by atoms with Gasteiger partial charge in [-0.05, 0) is 49.3 Å². The molecule has 3 unspecified atom stereocenters. The highest BCUT2D eigenvalue weighted by Crippen LogP contribution is 2.45.